The lowest BCUT2D eigenvalue weighted by molar-refractivity contribution is -0.282. The average molecular weight is 532 g/mol. The van der Waals surface area contributed by atoms with E-state index in [4.69, 9.17) is 23.7 Å². The van der Waals surface area contributed by atoms with Gasteiger partial charge in [0.2, 0.25) is 17.8 Å². The molecule has 2 aromatic carbocycles. The summed E-state index contributed by atoms with van der Waals surface area (Å²) in [6.07, 6.45) is -6.40. The van der Waals surface area contributed by atoms with Crippen LogP contribution in [-0.2, 0) is 23.8 Å². The molecule has 0 bridgehead atoms. The van der Waals surface area contributed by atoms with Crippen molar-refractivity contribution in [2.75, 3.05) is 6.61 Å². The van der Waals surface area contributed by atoms with Crippen LogP contribution < -0.4 is 9.47 Å². The summed E-state index contributed by atoms with van der Waals surface area (Å²) in [6, 6.07) is 6.37. The molecule has 4 rings (SSSR count). The second-order valence-corrected chi connectivity index (χ2v) is 8.50. The number of carbonyl (C=O) groups is 3. The Kier molecular flexibility index (Phi) is 7.44. The molecule has 0 aromatic heterocycles. The van der Waals surface area contributed by atoms with Crippen LogP contribution in [0.25, 0.3) is 6.08 Å². The zero-order chi connectivity index (χ0) is 27.7. The summed E-state index contributed by atoms with van der Waals surface area (Å²) in [6.45, 7) is 1.78. The molecule has 5 atom stereocenters. The van der Waals surface area contributed by atoms with E-state index in [0.717, 1.165) is 13.8 Å². The third-order valence-corrected chi connectivity index (χ3v) is 5.71. The largest absolute Gasteiger partial charge is 0.504 e. The number of phenolic OH excluding ortho intramolecular Hbond substituents is 3. The maximum absolute atomic E-state index is 12.8. The van der Waals surface area contributed by atoms with Crippen molar-refractivity contribution >= 4 is 23.8 Å². The number of carbonyl (C=O) groups excluding carboxylic acids is 3. The monoisotopic (exact) mass is 532 g/mol. The van der Waals surface area contributed by atoms with E-state index >= 15 is 0 Å². The van der Waals surface area contributed by atoms with Gasteiger partial charge in [-0.1, -0.05) is 6.07 Å². The van der Waals surface area contributed by atoms with Gasteiger partial charge in [0.25, 0.3) is 0 Å². The van der Waals surface area contributed by atoms with Gasteiger partial charge in [0.15, 0.2) is 34.9 Å². The van der Waals surface area contributed by atoms with Crippen LogP contribution in [-0.4, -0.2) is 80.6 Å². The first kappa shape index (κ1) is 26.7. The van der Waals surface area contributed by atoms with Gasteiger partial charge in [0.05, 0.1) is 5.56 Å². The molecule has 202 valence electrons. The minimum atomic E-state index is -1.76. The van der Waals surface area contributed by atoms with Crippen LogP contribution in [0.3, 0.4) is 0 Å². The Morgan fingerprint density at radius 3 is 2.39 bits per heavy atom. The molecule has 0 spiro atoms. The molecular weight excluding hydrogens is 508 g/mol. The topological polar surface area (TPSA) is 199 Å². The highest BCUT2D eigenvalue weighted by Gasteiger charge is 2.48. The van der Waals surface area contributed by atoms with Gasteiger partial charge in [-0.2, -0.15) is 0 Å². The van der Waals surface area contributed by atoms with E-state index in [2.05, 4.69) is 0 Å². The zero-order valence-corrected chi connectivity index (χ0v) is 20.1. The van der Waals surface area contributed by atoms with E-state index in [1.807, 2.05) is 0 Å². The predicted octanol–water partition coefficient (Wildman–Crippen LogP) is 0.740. The highest BCUT2D eigenvalue weighted by atomic mass is 16.7. The molecule has 0 aliphatic carbocycles. The minimum absolute atomic E-state index is 0.00287. The number of phenols is 3. The maximum atomic E-state index is 12.8. The first-order valence-corrected chi connectivity index (χ1v) is 11.3. The van der Waals surface area contributed by atoms with Gasteiger partial charge in [-0.3, -0.25) is 14.4 Å². The molecule has 2 unspecified atom stereocenters. The summed E-state index contributed by atoms with van der Waals surface area (Å²) >= 11 is 0. The number of aliphatic hydroxyl groups excluding tert-OH is 2. The Morgan fingerprint density at radius 2 is 1.74 bits per heavy atom. The van der Waals surface area contributed by atoms with Crippen LogP contribution in [0, 0.1) is 0 Å². The highest BCUT2D eigenvalue weighted by Crippen LogP contribution is 2.45. The second kappa shape index (κ2) is 10.6. The van der Waals surface area contributed by atoms with Crippen molar-refractivity contribution in [3.05, 3.63) is 47.2 Å². The first-order valence-electron chi connectivity index (χ1n) is 11.3. The average Bonchev–Trinajstić information content (AvgIpc) is 3.17. The van der Waals surface area contributed by atoms with Gasteiger partial charge in [0, 0.05) is 13.8 Å². The van der Waals surface area contributed by atoms with Crippen molar-refractivity contribution in [2.45, 2.75) is 44.6 Å². The number of fused-ring (bicyclic) bond motifs is 1. The van der Waals surface area contributed by atoms with Gasteiger partial charge < -0.3 is 49.2 Å². The number of allylic oxidation sites excluding steroid dienone is 1. The lowest BCUT2D eigenvalue weighted by atomic mass is 9.99. The second-order valence-electron chi connectivity index (χ2n) is 8.50. The fourth-order valence-electron chi connectivity index (χ4n) is 3.89. The van der Waals surface area contributed by atoms with Crippen LogP contribution in [0.2, 0.25) is 0 Å². The van der Waals surface area contributed by atoms with E-state index in [1.54, 1.807) is 0 Å². The van der Waals surface area contributed by atoms with Crippen molar-refractivity contribution < 1.29 is 63.6 Å². The van der Waals surface area contributed by atoms with Gasteiger partial charge in [-0.15, -0.1) is 0 Å². The Bertz CT molecular complexity index is 1300. The number of ketones is 1. The Morgan fingerprint density at radius 1 is 1.00 bits per heavy atom. The quantitative estimate of drug-likeness (QED) is 0.198. The fourth-order valence-corrected chi connectivity index (χ4v) is 3.89. The van der Waals surface area contributed by atoms with Gasteiger partial charge >= 0.3 is 11.9 Å². The summed E-state index contributed by atoms with van der Waals surface area (Å²) < 4.78 is 26.6. The van der Waals surface area contributed by atoms with Crippen molar-refractivity contribution in [3.63, 3.8) is 0 Å². The maximum Gasteiger partial charge on any atom is 0.303 e. The Labute approximate surface area is 215 Å². The van der Waals surface area contributed by atoms with Gasteiger partial charge in [-0.05, 0) is 35.9 Å². The molecule has 2 aliphatic rings. The molecule has 1 saturated heterocycles. The van der Waals surface area contributed by atoms with Gasteiger partial charge in [0.1, 0.15) is 24.9 Å². The fraction of sp³-hybridized carbons (Fsp3) is 0.320. The standard InChI is InChI=1S/C25H24O13/c1-10(26)34-9-18-24(35-11(2)27)21(32)22(33)25(38-18)37-16-6-4-13-19(30)17(36-23(13)20(16)31)8-12-3-5-14(28)15(29)7-12/h3-8,18,21-22,24-25,28-29,31-33H,9H2,1-2H3/b17-8+/t18?,21-,22?,24-,25-/m1/s1. The number of benzene rings is 2. The van der Waals surface area contributed by atoms with Crippen molar-refractivity contribution in [1.29, 1.82) is 0 Å². The van der Waals surface area contributed by atoms with Crippen LogP contribution in [0.4, 0.5) is 0 Å². The Hall–Kier alpha value is -4.33. The minimum Gasteiger partial charge on any atom is -0.504 e. The number of esters is 2. The van der Waals surface area contributed by atoms with E-state index in [9.17, 15) is 39.9 Å². The molecule has 0 saturated carbocycles. The number of hydrogen-bond acceptors (Lipinski definition) is 13. The smallest absolute Gasteiger partial charge is 0.303 e. The van der Waals surface area contributed by atoms with E-state index in [-0.39, 0.29) is 28.6 Å². The third kappa shape index (κ3) is 5.34. The molecule has 0 radical (unpaired) electrons. The summed E-state index contributed by atoms with van der Waals surface area (Å²) in [5.41, 5.74) is 0.332. The Balaban J connectivity index is 1.56. The molecule has 13 nitrogen and oxygen atoms in total. The molecule has 0 amide bonds. The van der Waals surface area contributed by atoms with E-state index < -0.39 is 66.5 Å². The molecular formula is C25H24O13. The normalized spacial score (nSPS) is 25.4. The van der Waals surface area contributed by atoms with Gasteiger partial charge in [-0.25, -0.2) is 0 Å². The number of ether oxygens (including phenoxy) is 5. The summed E-state index contributed by atoms with van der Waals surface area (Å²) in [7, 11) is 0. The number of aliphatic hydroxyl groups is 2. The zero-order valence-electron chi connectivity index (χ0n) is 20.1. The number of aromatic hydroxyl groups is 3. The number of rotatable bonds is 6. The van der Waals surface area contributed by atoms with Crippen molar-refractivity contribution in [1.82, 2.24) is 0 Å². The molecule has 2 aliphatic heterocycles. The molecule has 1 fully saturated rings. The van der Waals surface area contributed by atoms with Crippen LogP contribution in [0.5, 0.6) is 28.7 Å². The molecule has 2 aromatic rings. The first-order chi connectivity index (χ1) is 18.0. The van der Waals surface area contributed by atoms with Crippen LogP contribution in [0.15, 0.2) is 36.1 Å². The van der Waals surface area contributed by atoms with E-state index in [1.165, 1.54) is 36.4 Å². The number of hydrogen-bond donors (Lipinski definition) is 5. The molecule has 2 heterocycles. The van der Waals surface area contributed by atoms with Crippen molar-refractivity contribution in [2.24, 2.45) is 0 Å². The molecule has 38 heavy (non-hydrogen) atoms. The van der Waals surface area contributed by atoms with Crippen LogP contribution >= 0.6 is 0 Å². The third-order valence-electron chi connectivity index (χ3n) is 5.71. The van der Waals surface area contributed by atoms with Crippen molar-refractivity contribution in [3.8, 4) is 28.7 Å². The van der Waals surface area contributed by atoms with E-state index in [0.29, 0.717) is 5.56 Å². The predicted molar refractivity (Wildman–Crippen MR) is 124 cm³/mol. The lowest BCUT2D eigenvalue weighted by Gasteiger charge is -2.41. The highest BCUT2D eigenvalue weighted by molar-refractivity contribution is 6.15. The molecule has 5 N–H and O–H groups in total. The summed E-state index contributed by atoms with van der Waals surface area (Å²) in [5, 5.41) is 50.9. The molecule has 13 heteroatoms. The summed E-state index contributed by atoms with van der Waals surface area (Å²) in [5.74, 6) is -4.11. The summed E-state index contributed by atoms with van der Waals surface area (Å²) in [4.78, 5) is 35.5. The van der Waals surface area contributed by atoms with Crippen LogP contribution in [0.1, 0.15) is 29.8 Å². The number of Topliss-reactive ketones (excluding diaryl/α,β-unsaturated/α-hetero) is 1. The SMILES string of the molecule is CC(=O)OCC1O[C@@H](Oc2ccc3c(c2O)O/C(=C/c2ccc(O)c(O)c2)C3=O)C(O)[C@@H](O)[C@@H]1OC(C)=O. The lowest BCUT2D eigenvalue weighted by Crippen LogP contribution is -2.61.